The summed E-state index contributed by atoms with van der Waals surface area (Å²) in [5.41, 5.74) is 0.636. The third kappa shape index (κ3) is 3.48. The van der Waals surface area contributed by atoms with E-state index in [1.54, 1.807) is 13.2 Å². The Labute approximate surface area is 120 Å². The Kier molecular flexibility index (Phi) is 4.57. The van der Waals surface area contributed by atoms with Crippen LogP contribution < -0.4 is 5.56 Å². The molecule has 0 bridgehead atoms. The number of aryl methyl sites for hydroxylation is 1. The average Bonchev–Trinajstić information content (AvgIpc) is 2.44. The lowest BCUT2D eigenvalue weighted by Crippen LogP contribution is -2.24. The number of hydrogen-bond acceptors (Lipinski definition) is 4. The number of carboxylic acids is 1. The number of thioether (sulfide) groups is 1. The molecule has 0 spiro atoms. The van der Waals surface area contributed by atoms with Crippen LogP contribution in [-0.4, -0.2) is 25.9 Å². The lowest BCUT2D eigenvalue weighted by molar-refractivity contribution is -0.136. The zero-order valence-corrected chi connectivity index (χ0v) is 11.7. The molecule has 2 aromatic rings. The van der Waals surface area contributed by atoms with E-state index in [1.807, 2.05) is 30.3 Å². The molecule has 1 aromatic heterocycles. The number of carbonyl (C=O) groups is 1. The molecule has 0 amide bonds. The summed E-state index contributed by atoms with van der Waals surface area (Å²) in [7, 11) is 1.61. The summed E-state index contributed by atoms with van der Waals surface area (Å²) in [5.74, 6) is -0.952. The summed E-state index contributed by atoms with van der Waals surface area (Å²) in [6, 6.07) is 9.33. The van der Waals surface area contributed by atoms with E-state index in [0.717, 1.165) is 17.3 Å². The van der Waals surface area contributed by atoms with E-state index in [1.165, 1.54) is 10.8 Å². The van der Waals surface area contributed by atoms with Gasteiger partial charge in [0.1, 0.15) is 5.25 Å². The summed E-state index contributed by atoms with van der Waals surface area (Å²) < 4.78 is 1.39. The van der Waals surface area contributed by atoms with Crippen molar-refractivity contribution >= 4 is 17.7 Å². The molecular formula is C14H14N2O3S. The normalized spacial score (nSPS) is 12.1. The Hall–Kier alpha value is -2.08. The van der Waals surface area contributed by atoms with Crippen molar-refractivity contribution in [3.8, 4) is 0 Å². The molecule has 1 N–H and O–H groups in total. The fourth-order valence-corrected chi connectivity index (χ4v) is 2.71. The first-order valence-corrected chi connectivity index (χ1v) is 6.91. The van der Waals surface area contributed by atoms with E-state index in [4.69, 9.17) is 0 Å². The fraction of sp³-hybridized carbons (Fsp3) is 0.214. The minimum Gasteiger partial charge on any atom is -0.480 e. The Morgan fingerprint density at radius 3 is 2.75 bits per heavy atom. The van der Waals surface area contributed by atoms with Gasteiger partial charge in [0.15, 0.2) is 5.03 Å². The highest BCUT2D eigenvalue weighted by Crippen LogP contribution is 2.21. The largest absolute Gasteiger partial charge is 0.480 e. The van der Waals surface area contributed by atoms with E-state index in [-0.39, 0.29) is 10.6 Å². The highest BCUT2D eigenvalue weighted by atomic mass is 32.2. The molecule has 0 saturated heterocycles. The molecule has 2 rings (SSSR count). The van der Waals surface area contributed by atoms with Gasteiger partial charge in [-0.05, 0) is 12.0 Å². The molecule has 0 radical (unpaired) electrons. The number of carboxylic acid groups (broad SMARTS) is 1. The van der Waals surface area contributed by atoms with Crippen LogP contribution in [0.1, 0.15) is 5.56 Å². The van der Waals surface area contributed by atoms with Crippen molar-refractivity contribution in [3.63, 3.8) is 0 Å². The van der Waals surface area contributed by atoms with Gasteiger partial charge in [-0.2, -0.15) is 0 Å². The predicted octanol–water partition coefficient (Wildman–Crippen LogP) is 1.57. The summed E-state index contributed by atoms with van der Waals surface area (Å²) >= 11 is 0.988. The number of nitrogens with zero attached hydrogens (tertiary/aromatic N) is 2. The van der Waals surface area contributed by atoms with Crippen LogP contribution in [0.25, 0.3) is 0 Å². The van der Waals surface area contributed by atoms with Crippen LogP contribution in [0.2, 0.25) is 0 Å². The third-order valence-electron chi connectivity index (χ3n) is 2.78. The third-order valence-corrected chi connectivity index (χ3v) is 3.93. The van der Waals surface area contributed by atoms with E-state index in [9.17, 15) is 14.7 Å². The van der Waals surface area contributed by atoms with Crippen LogP contribution in [0, 0.1) is 0 Å². The molecule has 104 valence electrons. The molecule has 6 heteroatoms. The maximum Gasteiger partial charge on any atom is 0.317 e. The van der Waals surface area contributed by atoms with E-state index in [0.29, 0.717) is 6.42 Å². The van der Waals surface area contributed by atoms with Gasteiger partial charge in [0, 0.05) is 19.4 Å². The van der Waals surface area contributed by atoms with Crippen molar-refractivity contribution in [2.24, 2.45) is 7.05 Å². The number of hydrogen-bond donors (Lipinski definition) is 1. The zero-order valence-electron chi connectivity index (χ0n) is 10.9. The molecule has 5 nitrogen and oxygen atoms in total. The van der Waals surface area contributed by atoms with Crippen LogP contribution in [0.5, 0.6) is 0 Å². The van der Waals surface area contributed by atoms with E-state index in [2.05, 4.69) is 4.98 Å². The van der Waals surface area contributed by atoms with Gasteiger partial charge >= 0.3 is 5.97 Å². The first-order chi connectivity index (χ1) is 9.58. The van der Waals surface area contributed by atoms with Gasteiger partial charge in [0.2, 0.25) is 0 Å². The molecule has 1 aromatic carbocycles. The number of rotatable bonds is 5. The van der Waals surface area contributed by atoms with Gasteiger partial charge in [-0.3, -0.25) is 9.59 Å². The van der Waals surface area contributed by atoms with Gasteiger partial charge < -0.3 is 9.67 Å². The van der Waals surface area contributed by atoms with Crippen molar-refractivity contribution < 1.29 is 9.90 Å². The molecule has 1 unspecified atom stereocenters. The molecule has 0 aliphatic carbocycles. The second-order valence-electron chi connectivity index (χ2n) is 4.28. The van der Waals surface area contributed by atoms with Crippen molar-refractivity contribution in [1.82, 2.24) is 9.55 Å². The predicted molar refractivity (Wildman–Crippen MR) is 76.9 cm³/mol. The number of aliphatic carboxylic acids is 1. The average molecular weight is 290 g/mol. The molecular weight excluding hydrogens is 276 g/mol. The topological polar surface area (TPSA) is 72.2 Å². The summed E-state index contributed by atoms with van der Waals surface area (Å²) in [4.78, 5) is 27.2. The standard InChI is InChI=1S/C14H14N2O3S/c1-16-8-7-15-12(13(16)17)20-11(14(18)19)9-10-5-3-2-4-6-10/h2-8,11H,9H2,1H3,(H,18,19). The number of benzene rings is 1. The molecule has 20 heavy (non-hydrogen) atoms. The molecule has 0 aliphatic heterocycles. The first kappa shape index (κ1) is 14.3. The molecule has 0 saturated carbocycles. The van der Waals surface area contributed by atoms with Gasteiger partial charge in [0.05, 0.1) is 0 Å². The van der Waals surface area contributed by atoms with E-state index < -0.39 is 11.2 Å². The monoisotopic (exact) mass is 290 g/mol. The highest BCUT2D eigenvalue weighted by Gasteiger charge is 2.21. The van der Waals surface area contributed by atoms with Crippen molar-refractivity contribution in [3.05, 3.63) is 58.6 Å². The summed E-state index contributed by atoms with van der Waals surface area (Å²) in [6.45, 7) is 0. The number of aromatic nitrogens is 2. The van der Waals surface area contributed by atoms with Crippen LogP contribution in [0.15, 0.2) is 52.5 Å². The molecule has 0 aliphatic rings. The van der Waals surface area contributed by atoms with Crippen molar-refractivity contribution in [1.29, 1.82) is 0 Å². The lowest BCUT2D eigenvalue weighted by atomic mass is 10.1. The maximum atomic E-state index is 11.9. The minimum atomic E-state index is -0.952. The summed E-state index contributed by atoms with van der Waals surface area (Å²) in [5, 5.41) is 8.77. The molecule has 1 atom stereocenters. The zero-order chi connectivity index (χ0) is 14.5. The SMILES string of the molecule is Cn1ccnc(SC(Cc2ccccc2)C(=O)O)c1=O. The van der Waals surface area contributed by atoms with Crippen molar-refractivity contribution in [2.45, 2.75) is 16.7 Å². The smallest absolute Gasteiger partial charge is 0.317 e. The quantitative estimate of drug-likeness (QED) is 0.846. The van der Waals surface area contributed by atoms with Gasteiger partial charge in [-0.1, -0.05) is 42.1 Å². The van der Waals surface area contributed by atoms with Crippen LogP contribution >= 0.6 is 11.8 Å². The van der Waals surface area contributed by atoms with E-state index >= 15 is 0 Å². The maximum absolute atomic E-state index is 11.9. The highest BCUT2D eigenvalue weighted by molar-refractivity contribution is 8.00. The Bertz CT molecular complexity index is 655. The van der Waals surface area contributed by atoms with Crippen LogP contribution in [0.3, 0.4) is 0 Å². The molecule has 0 fully saturated rings. The second-order valence-corrected chi connectivity index (χ2v) is 5.47. The Morgan fingerprint density at radius 1 is 1.40 bits per heavy atom. The minimum absolute atomic E-state index is 0.207. The van der Waals surface area contributed by atoms with Crippen LogP contribution in [0.4, 0.5) is 0 Å². The second kappa shape index (κ2) is 6.38. The lowest BCUT2D eigenvalue weighted by Gasteiger charge is -2.11. The van der Waals surface area contributed by atoms with Gasteiger partial charge in [0.25, 0.3) is 5.56 Å². The van der Waals surface area contributed by atoms with Gasteiger partial charge in [-0.15, -0.1) is 0 Å². The first-order valence-electron chi connectivity index (χ1n) is 6.03. The van der Waals surface area contributed by atoms with Gasteiger partial charge in [-0.25, -0.2) is 4.98 Å². The molecule has 1 heterocycles. The summed E-state index contributed by atoms with van der Waals surface area (Å²) in [6.07, 6.45) is 3.38. The van der Waals surface area contributed by atoms with Crippen LogP contribution in [-0.2, 0) is 18.3 Å². The van der Waals surface area contributed by atoms with Crippen molar-refractivity contribution in [2.75, 3.05) is 0 Å². The Morgan fingerprint density at radius 2 is 2.10 bits per heavy atom. The Balaban J connectivity index is 2.20. The fourth-order valence-electron chi connectivity index (χ4n) is 1.70.